The Labute approximate surface area is 200 Å². The van der Waals surface area contributed by atoms with Crippen LogP contribution in [0.4, 0.5) is 5.69 Å². The van der Waals surface area contributed by atoms with E-state index in [4.69, 9.17) is 27.3 Å². The third-order valence-corrected chi connectivity index (χ3v) is 5.26. The van der Waals surface area contributed by atoms with Gasteiger partial charge in [0.15, 0.2) is 0 Å². The summed E-state index contributed by atoms with van der Waals surface area (Å²) in [6.07, 6.45) is 1.96. The smallest absolute Gasteiger partial charge is 0.124 e. The molecule has 1 atom stereocenters. The average Bonchev–Trinajstić information content (AvgIpc) is 3.22. The number of thiocarbonyl (C=S) groups is 2. The zero-order valence-corrected chi connectivity index (χ0v) is 20.4. The fraction of sp³-hybridized carbons (Fsp3) is 0.375. The van der Waals surface area contributed by atoms with Crippen molar-refractivity contribution in [1.82, 2.24) is 14.9 Å². The lowest BCUT2D eigenvalue weighted by molar-refractivity contribution is 0.201. The van der Waals surface area contributed by atoms with E-state index in [2.05, 4.69) is 58.2 Å². The monoisotopic (exact) mass is 467 g/mol. The van der Waals surface area contributed by atoms with Crippen molar-refractivity contribution in [3.63, 3.8) is 0 Å². The van der Waals surface area contributed by atoms with Crippen molar-refractivity contribution in [2.24, 2.45) is 4.99 Å². The van der Waals surface area contributed by atoms with E-state index in [1.54, 1.807) is 5.16 Å². The molecule has 0 aliphatic rings. The Balaban J connectivity index is 0.00000114. The second kappa shape index (κ2) is 13.6. The molecule has 6 nitrogen and oxygen atoms in total. The van der Waals surface area contributed by atoms with E-state index >= 15 is 0 Å². The molecule has 2 N–H and O–H groups in total. The number of nitrogens with one attached hydrogen (secondary N) is 2. The molecule has 0 radical (unpaired) electrons. The Bertz CT molecular complexity index is 1060. The summed E-state index contributed by atoms with van der Waals surface area (Å²) in [5, 5.41) is 9.78. The number of fused-ring (bicyclic) bond motifs is 1. The summed E-state index contributed by atoms with van der Waals surface area (Å²) >= 11 is 8.53. The molecule has 0 aliphatic heterocycles. The fourth-order valence-corrected chi connectivity index (χ4v) is 3.78. The van der Waals surface area contributed by atoms with Crippen molar-refractivity contribution in [3.05, 3.63) is 53.9 Å². The van der Waals surface area contributed by atoms with Gasteiger partial charge in [0.25, 0.3) is 0 Å². The van der Waals surface area contributed by atoms with Crippen LogP contribution in [0.15, 0.2) is 47.5 Å². The summed E-state index contributed by atoms with van der Waals surface area (Å²) in [5.41, 5.74) is 4.02. The minimum absolute atomic E-state index is 0.224. The van der Waals surface area contributed by atoms with Gasteiger partial charge in [0.05, 0.1) is 39.7 Å². The van der Waals surface area contributed by atoms with Crippen molar-refractivity contribution in [2.45, 2.75) is 39.7 Å². The first kappa shape index (κ1) is 25.5. The zero-order valence-electron chi connectivity index (χ0n) is 18.7. The lowest BCUT2D eigenvalue weighted by Crippen LogP contribution is -2.29. The highest BCUT2D eigenvalue weighted by molar-refractivity contribution is 7.78. The van der Waals surface area contributed by atoms with E-state index in [0.717, 1.165) is 54.2 Å². The number of isothiocyanates is 2. The van der Waals surface area contributed by atoms with Crippen molar-refractivity contribution >= 4 is 51.5 Å². The maximum absolute atomic E-state index is 5.77. The molecule has 0 spiro atoms. The van der Waals surface area contributed by atoms with Crippen molar-refractivity contribution in [2.75, 3.05) is 19.7 Å². The van der Waals surface area contributed by atoms with Crippen LogP contribution in [-0.2, 0) is 6.42 Å². The van der Waals surface area contributed by atoms with Crippen LogP contribution in [0, 0.1) is 5.41 Å². The van der Waals surface area contributed by atoms with E-state index in [-0.39, 0.29) is 6.04 Å². The summed E-state index contributed by atoms with van der Waals surface area (Å²) in [6, 6.07) is 14.5. The van der Waals surface area contributed by atoms with E-state index in [1.807, 2.05) is 37.3 Å². The second-order valence-corrected chi connectivity index (χ2v) is 7.37. The minimum atomic E-state index is 0.224. The van der Waals surface area contributed by atoms with E-state index in [1.165, 1.54) is 5.56 Å². The lowest BCUT2D eigenvalue weighted by atomic mass is 10.0. The summed E-state index contributed by atoms with van der Waals surface area (Å²) in [6.45, 7) is 9.03. The van der Waals surface area contributed by atoms with Gasteiger partial charge in [-0.15, -0.1) is 0 Å². The molecule has 1 unspecified atom stereocenters. The largest absolute Gasteiger partial charge is 0.494 e. The van der Waals surface area contributed by atoms with Gasteiger partial charge in [-0.05, 0) is 93.2 Å². The van der Waals surface area contributed by atoms with Gasteiger partial charge in [-0.2, -0.15) is 4.99 Å². The number of benzene rings is 2. The molecule has 1 heterocycles. The van der Waals surface area contributed by atoms with Gasteiger partial charge < -0.3 is 9.72 Å². The maximum atomic E-state index is 5.77. The van der Waals surface area contributed by atoms with Crippen LogP contribution in [0.5, 0.6) is 5.75 Å². The van der Waals surface area contributed by atoms with Crippen LogP contribution in [-0.4, -0.2) is 44.9 Å². The van der Waals surface area contributed by atoms with Crippen LogP contribution >= 0.6 is 24.4 Å². The number of rotatable bonds is 10. The van der Waals surface area contributed by atoms with Gasteiger partial charge in [-0.3, -0.25) is 4.90 Å². The quantitative estimate of drug-likeness (QED) is 0.267. The third-order valence-electron chi connectivity index (χ3n) is 5.17. The predicted molar refractivity (Wildman–Crippen MR) is 138 cm³/mol. The summed E-state index contributed by atoms with van der Waals surface area (Å²) in [5.74, 6) is 1.92. The highest BCUT2D eigenvalue weighted by Gasteiger charge is 2.21. The van der Waals surface area contributed by atoms with Crippen LogP contribution in [0.3, 0.4) is 0 Å². The molecule has 0 bridgehead atoms. The van der Waals surface area contributed by atoms with Gasteiger partial charge in [-0.1, -0.05) is 26.0 Å². The molecule has 0 saturated carbocycles. The van der Waals surface area contributed by atoms with Crippen molar-refractivity contribution < 1.29 is 4.74 Å². The molecule has 2 aromatic carbocycles. The normalized spacial score (nSPS) is 11.2. The molecule has 0 aliphatic carbocycles. The number of aromatic nitrogens is 2. The number of aryl methyl sites for hydroxylation is 1. The first-order valence-electron chi connectivity index (χ1n) is 10.7. The van der Waals surface area contributed by atoms with Crippen LogP contribution in [0.2, 0.25) is 0 Å². The van der Waals surface area contributed by atoms with E-state index < -0.39 is 0 Å². The Hall–Kier alpha value is -2.73. The molecule has 3 rings (SSSR count). The van der Waals surface area contributed by atoms with Gasteiger partial charge in [0.2, 0.25) is 0 Å². The number of nitrogens with zero attached hydrogens (tertiary/aromatic N) is 3. The van der Waals surface area contributed by atoms with Gasteiger partial charge in [-0.25, -0.2) is 10.4 Å². The van der Waals surface area contributed by atoms with Crippen LogP contribution in [0.25, 0.3) is 11.0 Å². The summed E-state index contributed by atoms with van der Waals surface area (Å²) in [4.78, 5) is 14.9. The number of H-pyrrole nitrogens is 1. The lowest BCUT2D eigenvalue weighted by Gasteiger charge is -2.28. The number of ether oxygens (including phenoxy) is 1. The number of aliphatic imine (C=N–C) groups is 1. The number of imidazole rings is 1. The van der Waals surface area contributed by atoms with E-state index in [9.17, 15) is 0 Å². The molecular weight excluding hydrogens is 438 g/mol. The summed E-state index contributed by atoms with van der Waals surface area (Å²) in [7, 11) is 0. The first-order chi connectivity index (χ1) is 15.6. The Morgan fingerprint density at radius 1 is 1.12 bits per heavy atom. The molecule has 8 heteroatoms. The molecule has 168 valence electrons. The molecule has 32 heavy (non-hydrogen) atoms. The maximum Gasteiger partial charge on any atom is 0.124 e. The minimum Gasteiger partial charge on any atom is -0.494 e. The van der Waals surface area contributed by atoms with Crippen LogP contribution < -0.4 is 4.74 Å². The fourth-order valence-electron chi connectivity index (χ4n) is 3.68. The van der Waals surface area contributed by atoms with E-state index in [0.29, 0.717) is 6.61 Å². The molecule has 0 saturated heterocycles. The van der Waals surface area contributed by atoms with Crippen LogP contribution in [0.1, 0.15) is 44.6 Å². The average molecular weight is 468 g/mol. The van der Waals surface area contributed by atoms with Crippen molar-refractivity contribution in [1.29, 1.82) is 5.41 Å². The Kier molecular flexibility index (Phi) is 10.9. The number of aromatic amines is 1. The van der Waals surface area contributed by atoms with Gasteiger partial charge in [0.1, 0.15) is 11.6 Å². The molecule has 1 aromatic heterocycles. The Morgan fingerprint density at radius 2 is 1.81 bits per heavy atom. The SMILES string of the molecule is CCOc1ccc(CCC(c2nc3ccc(N=C=S)cc3[nH]2)N(CC)CC)cc1.N=C=S. The third kappa shape index (κ3) is 7.16. The molecule has 0 fully saturated rings. The topological polar surface area (TPSA) is 77.4 Å². The predicted octanol–water partition coefficient (Wildman–Crippen LogP) is 6.38. The molecule has 3 aromatic rings. The standard InChI is InChI=1S/C23H28N4OS.CHNS/c1-4-27(5-2)22(14-9-17-7-11-19(12-8-17)28-6-3)23-25-20-13-10-18(24-16-29)15-21(20)26-23;2-1-3/h7-8,10-13,15,22H,4-6,9,14H2,1-3H3,(H,25,26);2H. The second-order valence-electron chi connectivity index (χ2n) is 6.98. The zero-order chi connectivity index (χ0) is 23.3. The van der Waals surface area contributed by atoms with Crippen molar-refractivity contribution in [3.8, 4) is 5.75 Å². The highest BCUT2D eigenvalue weighted by atomic mass is 32.1. The number of hydrogen-bond donors (Lipinski definition) is 2. The Morgan fingerprint density at radius 3 is 2.41 bits per heavy atom. The number of hydrogen-bond acceptors (Lipinski definition) is 7. The molecular formula is C24H29N5OS2. The summed E-state index contributed by atoms with van der Waals surface area (Å²) < 4.78 is 5.55. The van der Waals surface area contributed by atoms with Gasteiger partial charge in [0, 0.05) is 0 Å². The van der Waals surface area contributed by atoms with Gasteiger partial charge >= 0.3 is 0 Å². The first-order valence-corrected chi connectivity index (χ1v) is 11.5. The highest BCUT2D eigenvalue weighted by Crippen LogP contribution is 2.28. The molecule has 0 amide bonds.